The lowest BCUT2D eigenvalue weighted by Crippen LogP contribution is -3.00. The summed E-state index contributed by atoms with van der Waals surface area (Å²) in [6.45, 7) is 1.52. The molecule has 0 spiro atoms. The van der Waals surface area contributed by atoms with Crippen LogP contribution in [0, 0.1) is 0 Å². The van der Waals surface area contributed by atoms with Crippen molar-refractivity contribution in [2.45, 2.75) is 6.92 Å². The molecule has 0 aliphatic carbocycles. The second-order valence-corrected chi connectivity index (χ2v) is 8.58. The van der Waals surface area contributed by atoms with E-state index in [0.717, 1.165) is 15.9 Å². The summed E-state index contributed by atoms with van der Waals surface area (Å²) in [6.07, 6.45) is 0. The number of halogens is 1. The zero-order valence-corrected chi connectivity index (χ0v) is 16.4. The molecule has 25 heavy (non-hydrogen) atoms. The number of rotatable bonds is 5. The Morgan fingerprint density at radius 1 is 0.680 bits per heavy atom. The maximum Gasteiger partial charge on any atom is 0.233 e. The number of hydrazine groups is 1. The molecule has 3 aromatic carbocycles. The number of amides is 1. The van der Waals surface area contributed by atoms with Crippen molar-refractivity contribution in [1.82, 2.24) is 10.6 Å². The molecular weight excluding hydrogens is 395 g/mol. The summed E-state index contributed by atoms with van der Waals surface area (Å²) in [5.41, 5.74) is 2.84. The third-order valence-corrected chi connectivity index (χ3v) is 7.50. The minimum absolute atomic E-state index is 0. The Hall–Kier alpha value is -2.00. The number of nitrogens with one attached hydrogen (secondary N) is 2. The molecule has 0 atom stereocenters. The van der Waals surface area contributed by atoms with Gasteiger partial charge in [0.2, 0.25) is 5.91 Å². The second kappa shape index (κ2) is 8.91. The minimum Gasteiger partial charge on any atom is -1.00 e. The van der Waals surface area contributed by atoms with Gasteiger partial charge in [0.25, 0.3) is 0 Å². The lowest BCUT2D eigenvalue weighted by atomic mass is 10.4. The summed E-state index contributed by atoms with van der Waals surface area (Å²) in [5, 5.41) is 6.88. The fourth-order valence-electron chi connectivity index (χ4n) is 2.76. The third kappa shape index (κ3) is 4.16. The number of carbonyl (C=O) groups is 1. The molecule has 2 N–H and O–H groups in total. The van der Waals surface area contributed by atoms with Crippen LogP contribution in [0.1, 0.15) is 6.92 Å². The van der Waals surface area contributed by atoms with Crippen LogP contribution in [0.5, 0.6) is 0 Å². The smallest absolute Gasteiger partial charge is 0.233 e. The van der Waals surface area contributed by atoms with Gasteiger partial charge in [0.15, 0.2) is 7.41 Å². The summed E-state index contributed by atoms with van der Waals surface area (Å²) >= 11 is 0. The van der Waals surface area contributed by atoms with Gasteiger partial charge in [0.1, 0.15) is 15.9 Å². The number of carbonyl (C=O) groups excluding carboxylic acids is 1. The van der Waals surface area contributed by atoms with E-state index in [4.69, 9.17) is 0 Å². The maximum atomic E-state index is 11.6. The summed E-state index contributed by atoms with van der Waals surface area (Å²) in [6, 6.07) is 30.9. The van der Waals surface area contributed by atoms with Crippen LogP contribution in [-0.4, -0.2) is 5.91 Å². The zero-order valence-electron chi connectivity index (χ0n) is 13.9. The van der Waals surface area contributed by atoms with Gasteiger partial charge in [-0.2, -0.15) is 0 Å². The van der Waals surface area contributed by atoms with Gasteiger partial charge in [-0.25, -0.2) is 0 Å². The van der Waals surface area contributed by atoms with E-state index in [9.17, 15) is 4.79 Å². The highest BCUT2D eigenvalue weighted by Gasteiger charge is 2.46. The van der Waals surface area contributed by atoms with Gasteiger partial charge in [0, 0.05) is 6.92 Å². The quantitative estimate of drug-likeness (QED) is 0.438. The second-order valence-electron chi connectivity index (χ2n) is 5.47. The Morgan fingerprint density at radius 2 is 1.00 bits per heavy atom. The summed E-state index contributed by atoms with van der Waals surface area (Å²) in [5.74, 6) is -0.109. The molecule has 0 radical (unpaired) electrons. The molecule has 0 heterocycles. The third-order valence-electron chi connectivity index (χ3n) is 3.83. The monoisotopic (exact) mass is 414 g/mol. The van der Waals surface area contributed by atoms with Crippen LogP contribution in [0.4, 0.5) is 0 Å². The van der Waals surface area contributed by atoms with Crippen LogP contribution in [0.15, 0.2) is 91.0 Å². The van der Waals surface area contributed by atoms with Gasteiger partial charge in [-0.05, 0) is 36.4 Å². The van der Waals surface area contributed by atoms with E-state index in [2.05, 4.69) is 47.0 Å². The first-order chi connectivity index (χ1) is 11.7. The topological polar surface area (TPSA) is 41.1 Å². The molecule has 3 aromatic rings. The van der Waals surface area contributed by atoms with E-state index in [1.165, 1.54) is 6.92 Å². The van der Waals surface area contributed by atoms with E-state index in [1.54, 1.807) is 0 Å². The van der Waals surface area contributed by atoms with Crippen LogP contribution in [0.3, 0.4) is 0 Å². The fraction of sp³-hybridized carbons (Fsp3) is 0.0500. The van der Waals surface area contributed by atoms with Crippen molar-refractivity contribution in [3.8, 4) is 0 Å². The Balaban J connectivity index is 0.00000225. The molecule has 0 saturated carbocycles. The molecular formula is C20H20BrN2OP. The van der Waals surface area contributed by atoms with Gasteiger partial charge < -0.3 is 17.0 Å². The molecule has 0 unspecified atom stereocenters. The average molecular weight is 415 g/mol. The van der Waals surface area contributed by atoms with Crippen LogP contribution in [-0.2, 0) is 4.79 Å². The minimum atomic E-state index is -2.19. The van der Waals surface area contributed by atoms with Gasteiger partial charge in [-0.3, -0.25) is 10.2 Å². The standard InChI is InChI=1S/C20H19N2OP.BrH/c1-17(23)21-22-24(18-11-5-2-6-12-18,19-13-7-3-8-14-19)20-15-9-4-10-16-20;/h2-16,22H,1H3;1H. The Bertz CT molecular complexity index is 701. The first kappa shape index (κ1) is 19.3. The highest BCUT2D eigenvalue weighted by atomic mass is 79.9. The maximum absolute atomic E-state index is 11.6. The van der Waals surface area contributed by atoms with E-state index in [-0.39, 0.29) is 22.9 Å². The van der Waals surface area contributed by atoms with Crippen molar-refractivity contribution in [2.75, 3.05) is 0 Å². The van der Waals surface area contributed by atoms with Crippen LogP contribution in [0.25, 0.3) is 0 Å². The lowest BCUT2D eigenvalue weighted by molar-refractivity contribution is -0.119. The molecule has 3 rings (SSSR count). The summed E-state index contributed by atoms with van der Waals surface area (Å²) in [7, 11) is -2.19. The zero-order chi connectivity index (χ0) is 16.8. The van der Waals surface area contributed by atoms with Gasteiger partial charge >= 0.3 is 0 Å². The molecule has 0 saturated heterocycles. The molecule has 0 aromatic heterocycles. The van der Waals surface area contributed by atoms with E-state index in [0.29, 0.717) is 0 Å². The van der Waals surface area contributed by atoms with Crippen molar-refractivity contribution in [3.63, 3.8) is 0 Å². The largest absolute Gasteiger partial charge is 1.00 e. The van der Waals surface area contributed by atoms with Gasteiger partial charge in [-0.15, -0.1) is 0 Å². The van der Waals surface area contributed by atoms with Gasteiger partial charge in [-0.1, -0.05) is 59.8 Å². The molecule has 3 nitrogen and oxygen atoms in total. The first-order valence-corrected chi connectivity index (χ1v) is 9.62. The summed E-state index contributed by atoms with van der Waals surface area (Å²) < 4.78 is 0. The lowest BCUT2D eigenvalue weighted by Gasteiger charge is -2.27. The molecule has 0 aliphatic heterocycles. The SMILES string of the molecule is CC(=O)NN[P+](c1ccccc1)(c1ccccc1)c1ccccc1.[Br-]. The van der Waals surface area contributed by atoms with E-state index < -0.39 is 7.41 Å². The van der Waals surface area contributed by atoms with Crippen LogP contribution < -0.4 is 43.5 Å². The molecule has 0 aliphatic rings. The van der Waals surface area contributed by atoms with Crippen molar-refractivity contribution >= 4 is 29.2 Å². The summed E-state index contributed by atoms with van der Waals surface area (Å²) in [4.78, 5) is 11.6. The van der Waals surface area contributed by atoms with Gasteiger partial charge in [0.05, 0.1) is 0 Å². The van der Waals surface area contributed by atoms with Crippen molar-refractivity contribution < 1.29 is 21.8 Å². The molecule has 0 fully saturated rings. The van der Waals surface area contributed by atoms with Crippen molar-refractivity contribution in [1.29, 1.82) is 0 Å². The first-order valence-electron chi connectivity index (χ1n) is 7.83. The van der Waals surface area contributed by atoms with Crippen molar-refractivity contribution in [2.24, 2.45) is 0 Å². The normalized spacial score (nSPS) is 10.6. The number of hydrogen-bond donors (Lipinski definition) is 2. The van der Waals surface area contributed by atoms with Crippen molar-refractivity contribution in [3.05, 3.63) is 91.0 Å². The van der Waals surface area contributed by atoms with E-state index >= 15 is 0 Å². The highest BCUT2D eigenvalue weighted by Crippen LogP contribution is 2.50. The average Bonchev–Trinajstić information content (AvgIpc) is 2.65. The molecule has 1 amide bonds. The fourth-order valence-corrected chi connectivity index (χ4v) is 6.22. The number of hydrogen-bond acceptors (Lipinski definition) is 2. The predicted molar refractivity (Wildman–Crippen MR) is 102 cm³/mol. The highest BCUT2D eigenvalue weighted by molar-refractivity contribution is 7.94. The Kier molecular flexibility index (Phi) is 6.89. The van der Waals surface area contributed by atoms with Crippen LogP contribution >= 0.6 is 7.41 Å². The van der Waals surface area contributed by atoms with Crippen LogP contribution in [0.2, 0.25) is 0 Å². The molecule has 5 heteroatoms. The Morgan fingerprint density at radius 3 is 1.28 bits per heavy atom. The molecule has 128 valence electrons. The van der Waals surface area contributed by atoms with E-state index in [1.807, 2.05) is 54.6 Å². The molecule has 0 bridgehead atoms. The predicted octanol–water partition coefficient (Wildman–Crippen LogP) is -0.460. The Labute approximate surface area is 159 Å². The number of benzene rings is 3.